The topological polar surface area (TPSA) is 40.5 Å². The van der Waals surface area contributed by atoms with Gasteiger partial charge in [-0.25, -0.2) is 0 Å². The Morgan fingerprint density at radius 2 is 2.21 bits per heavy atom. The number of halogens is 1. The molecule has 1 N–H and O–H groups in total. The summed E-state index contributed by atoms with van der Waals surface area (Å²) >= 11 is 6.18. The van der Waals surface area contributed by atoms with Crippen LogP contribution in [0.2, 0.25) is 5.02 Å². The molecule has 0 bridgehead atoms. The molecule has 102 valence electrons. The van der Waals surface area contributed by atoms with Crippen LogP contribution in [0.5, 0.6) is 0 Å². The predicted molar refractivity (Wildman–Crippen MR) is 74.1 cm³/mol. The molecule has 4 heteroatoms. The first-order valence-corrected chi connectivity index (χ1v) is 7.26. The van der Waals surface area contributed by atoms with E-state index in [1.165, 1.54) is 0 Å². The maximum Gasteiger partial charge on any atom is 0.226 e. The summed E-state index contributed by atoms with van der Waals surface area (Å²) < 4.78 is 0. The summed E-state index contributed by atoms with van der Waals surface area (Å²) in [7, 11) is 0. The van der Waals surface area contributed by atoms with Crippen molar-refractivity contribution in [1.82, 2.24) is 4.90 Å². The molecule has 1 amide bonds. The van der Waals surface area contributed by atoms with Gasteiger partial charge in [0.15, 0.2) is 0 Å². The highest BCUT2D eigenvalue weighted by molar-refractivity contribution is 6.31. The highest BCUT2D eigenvalue weighted by Gasteiger charge is 2.48. The maximum atomic E-state index is 12.4. The van der Waals surface area contributed by atoms with Crippen LogP contribution in [0.1, 0.15) is 30.7 Å². The van der Waals surface area contributed by atoms with E-state index in [0.29, 0.717) is 0 Å². The summed E-state index contributed by atoms with van der Waals surface area (Å²) in [6, 6.07) is 7.79. The van der Waals surface area contributed by atoms with Crippen molar-refractivity contribution in [2.45, 2.75) is 31.2 Å². The zero-order valence-corrected chi connectivity index (χ0v) is 11.5. The molecular weight excluding hydrogens is 262 g/mol. The van der Waals surface area contributed by atoms with Crippen LogP contribution in [-0.2, 0) is 4.79 Å². The number of likely N-dealkylation sites (tertiary alicyclic amines) is 1. The number of carbonyl (C=O) groups excluding carboxylic acids is 1. The van der Waals surface area contributed by atoms with Gasteiger partial charge in [-0.15, -0.1) is 0 Å². The fourth-order valence-corrected chi connectivity index (χ4v) is 3.39. The Morgan fingerprint density at radius 3 is 2.95 bits per heavy atom. The number of amides is 1. The number of hydrogen-bond donors (Lipinski definition) is 1. The Balaban J connectivity index is 1.70. The van der Waals surface area contributed by atoms with Crippen molar-refractivity contribution < 1.29 is 9.90 Å². The number of benzene rings is 1. The average molecular weight is 280 g/mol. The number of hydrogen-bond acceptors (Lipinski definition) is 2. The summed E-state index contributed by atoms with van der Waals surface area (Å²) in [6.07, 6.45) is 2.81. The van der Waals surface area contributed by atoms with Gasteiger partial charge in [-0.05, 0) is 36.8 Å². The van der Waals surface area contributed by atoms with E-state index in [4.69, 9.17) is 11.6 Å². The number of carbonyl (C=O) groups is 1. The lowest BCUT2D eigenvalue weighted by molar-refractivity contribution is -0.134. The molecule has 2 unspecified atom stereocenters. The molecule has 19 heavy (non-hydrogen) atoms. The van der Waals surface area contributed by atoms with Gasteiger partial charge in [0.25, 0.3) is 0 Å². The van der Waals surface area contributed by atoms with Crippen molar-refractivity contribution in [2.24, 2.45) is 5.92 Å². The number of aliphatic hydroxyl groups excluding tert-OH is 1. The van der Waals surface area contributed by atoms with Crippen LogP contribution >= 0.6 is 11.6 Å². The Bertz CT molecular complexity index is 491. The minimum atomic E-state index is 0.0278. The average Bonchev–Trinajstić information content (AvgIpc) is 3.07. The van der Waals surface area contributed by atoms with Crippen molar-refractivity contribution in [3.8, 4) is 0 Å². The van der Waals surface area contributed by atoms with Crippen LogP contribution in [-0.4, -0.2) is 35.1 Å². The molecule has 3 rings (SSSR count). The predicted octanol–water partition coefficient (Wildman–Crippen LogP) is 2.43. The lowest BCUT2D eigenvalue weighted by atomic mass is 10.1. The molecule has 1 aromatic rings. The molecule has 2 aliphatic rings. The first-order chi connectivity index (χ1) is 9.22. The number of aliphatic hydroxyl groups is 1. The highest BCUT2D eigenvalue weighted by Crippen LogP contribution is 2.50. The van der Waals surface area contributed by atoms with Crippen LogP contribution in [0.4, 0.5) is 0 Å². The lowest BCUT2D eigenvalue weighted by Crippen LogP contribution is -2.38. The molecule has 1 aliphatic heterocycles. The molecule has 1 saturated carbocycles. The second-order valence-corrected chi connectivity index (χ2v) is 5.89. The second kappa shape index (κ2) is 5.14. The fourth-order valence-electron chi connectivity index (χ4n) is 3.12. The summed E-state index contributed by atoms with van der Waals surface area (Å²) in [5.41, 5.74) is 1.09. The molecule has 1 heterocycles. The summed E-state index contributed by atoms with van der Waals surface area (Å²) in [5, 5.41) is 10.1. The highest BCUT2D eigenvalue weighted by atomic mass is 35.5. The van der Waals surface area contributed by atoms with E-state index in [0.717, 1.165) is 36.4 Å². The third kappa shape index (κ3) is 2.37. The van der Waals surface area contributed by atoms with Crippen LogP contribution in [0, 0.1) is 5.92 Å². The largest absolute Gasteiger partial charge is 0.394 e. The fraction of sp³-hybridized carbons (Fsp3) is 0.533. The minimum absolute atomic E-state index is 0.0278. The Morgan fingerprint density at radius 1 is 1.42 bits per heavy atom. The van der Waals surface area contributed by atoms with Gasteiger partial charge in [0.2, 0.25) is 5.91 Å². The summed E-state index contributed by atoms with van der Waals surface area (Å²) in [6.45, 7) is 0.866. The van der Waals surface area contributed by atoms with Gasteiger partial charge in [0, 0.05) is 17.5 Å². The van der Waals surface area contributed by atoms with Gasteiger partial charge >= 0.3 is 0 Å². The van der Waals surface area contributed by atoms with Crippen molar-refractivity contribution in [3.63, 3.8) is 0 Å². The zero-order chi connectivity index (χ0) is 13.4. The lowest BCUT2D eigenvalue weighted by Gasteiger charge is -2.23. The van der Waals surface area contributed by atoms with E-state index >= 15 is 0 Å². The van der Waals surface area contributed by atoms with E-state index in [-0.39, 0.29) is 30.4 Å². The molecule has 1 aliphatic carbocycles. The maximum absolute atomic E-state index is 12.4. The van der Waals surface area contributed by atoms with Crippen LogP contribution in [0.3, 0.4) is 0 Å². The SMILES string of the molecule is O=C(C1CC1c1ccccc1Cl)N1CCC[C@@H]1CO. The van der Waals surface area contributed by atoms with E-state index in [1.54, 1.807) is 0 Å². The third-order valence-electron chi connectivity index (χ3n) is 4.28. The molecule has 0 radical (unpaired) electrons. The number of rotatable bonds is 3. The van der Waals surface area contributed by atoms with Crippen molar-refractivity contribution >= 4 is 17.5 Å². The van der Waals surface area contributed by atoms with Gasteiger partial charge in [0.1, 0.15) is 0 Å². The van der Waals surface area contributed by atoms with E-state index in [2.05, 4.69) is 0 Å². The van der Waals surface area contributed by atoms with Gasteiger partial charge < -0.3 is 10.0 Å². The molecule has 0 spiro atoms. The number of nitrogens with zero attached hydrogens (tertiary/aromatic N) is 1. The van der Waals surface area contributed by atoms with E-state index in [1.807, 2.05) is 29.2 Å². The molecule has 3 nitrogen and oxygen atoms in total. The van der Waals surface area contributed by atoms with Crippen LogP contribution in [0.15, 0.2) is 24.3 Å². The molecule has 3 atom stereocenters. The summed E-state index contributed by atoms with van der Waals surface area (Å²) in [4.78, 5) is 14.3. The van der Waals surface area contributed by atoms with Crippen LogP contribution < -0.4 is 0 Å². The standard InChI is InChI=1S/C15H18ClNO2/c16-14-6-2-1-5-11(14)12-8-13(12)15(19)17-7-3-4-10(17)9-18/h1-2,5-6,10,12-13,18H,3-4,7-9H2/t10-,12?,13?/m1/s1. The van der Waals surface area contributed by atoms with Gasteiger partial charge in [-0.1, -0.05) is 29.8 Å². The molecular formula is C15H18ClNO2. The van der Waals surface area contributed by atoms with Crippen molar-refractivity contribution in [3.05, 3.63) is 34.9 Å². The first-order valence-electron chi connectivity index (χ1n) is 6.88. The van der Waals surface area contributed by atoms with Crippen molar-refractivity contribution in [2.75, 3.05) is 13.2 Å². The van der Waals surface area contributed by atoms with Crippen LogP contribution in [0.25, 0.3) is 0 Å². The second-order valence-electron chi connectivity index (χ2n) is 5.48. The van der Waals surface area contributed by atoms with E-state index in [9.17, 15) is 9.90 Å². The zero-order valence-electron chi connectivity index (χ0n) is 10.8. The van der Waals surface area contributed by atoms with E-state index < -0.39 is 0 Å². The summed E-state index contributed by atoms with van der Waals surface area (Å²) in [5.74, 6) is 0.523. The smallest absolute Gasteiger partial charge is 0.226 e. The molecule has 2 fully saturated rings. The third-order valence-corrected chi connectivity index (χ3v) is 4.63. The van der Waals surface area contributed by atoms with Gasteiger partial charge in [-0.2, -0.15) is 0 Å². The van der Waals surface area contributed by atoms with Crippen molar-refractivity contribution in [1.29, 1.82) is 0 Å². The quantitative estimate of drug-likeness (QED) is 0.923. The molecule has 1 saturated heterocycles. The normalized spacial score (nSPS) is 29.6. The molecule has 1 aromatic carbocycles. The monoisotopic (exact) mass is 279 g/mol. The van der Waals surface area contributed by atoms with Gasteiger partial charge in [0.05, 0.1) is 12.6 Å². The first kappa shape index (κ1) is 12.9. The Labute approximate surface area is 118 Å². The molecule has 0 aromatic heterocycles. The Kier molecular flexibility index (Phi) is 3.50. The Hall–Kier alpha value is -1.06. The van der Waals surface area contributed by atoms with Gasteiger partial charge in [-0.3, -0.25) is 4.79 Å². The minimum Gasteiger partial charge on any atom is -0.394 e.